The smallest absolute Gasteiger partial charge is 0.0239 e. The van der Waals surface area contributed by atoms with Crippen LogP contribution in [0.15, 0.2) is 42.5 Å². The zero-order valence-electron chi connectivity index (χ0n) is 12.4. The number of aryl methyl sites for hydroxylation is 3. The van der Waals surface area contributed by atoms with Crippen LogP contribution in [0, 0.1) is 20.8 Å². The highest BCUT2D eigenvalue weighted by Crippen LogP contribution is 2.18. The zero-order chi connectivity index (χ0) is 13.8. The third-order valence-corrected chi connectivity index (χ3v) is 3.56. The molecule has 2 rings (SSSR count). The predicted octanol–water partition coefficient (Wildman–Crippen LogP) is 4.24. The summed E-state index contributed by atoms with van der Waals surface area (Å²) in [6.45, 7) is 8.59. The van der Waals surface area contributed by atoms with E-state index in [9.17, 15) is 0 Å². The van der Waals surface area contributed by atoms with Gasteiger partial charge in [0.05, 0.1) is 0 Å². The van der Waals surface area contributed by atoms with Crippen molar-refractivity contribution in [3.63, 3.8) is 0 Å². The summed E-state index contributed by atoms with van der Waals surface area (Å²) in [5.74, 6) is 0. The third kappa shape index (κ3) is 3.68. The van der Waals surface area contributed by atoms with Crippen molar-refractivity contribution in [3.8, 4) is 0 Å². The number of hydrogen-bond acceptors (Lipinski definition) is 1. The molecule has 0 amide bonds. The minimum absolute atomic E-state index is 0.994. The van der Waals surface area contributed by atoms with Crippen molar-refractivity contribution < 1.29 is 0 Å². The Morgan fingerprint density at radius 1 is 0.842 bits per heavy atom. The van der Waals surface area contributed by atoms with Crippen molar-refractivity contribution in [1.29, 1.82) is 0 Å². The monoisotopic (exact) mass is 253 g/mol. The van der Waals surface area contributed by atoms with E-state index in [0.29, 0.717) is 0 Å². The molecule has 0 radical (unpaired) electrons. The molecule has 100 valence electrons. The van der Waals surface area contributed by atoms with Crippen LogP contribution in [0.25, 0.3) is 0 Å². The lowest BCUT2D eigenvalue weighted by molar-refractivity contribution is 0.317. The van der Waals surface area contributed by atoms with Crippen molar-refractivity contribution in [3.05, 3.63) is 70.3 Å². The fraction of sp³-hybridized carbons (Fsp3) is 0.333. The fourth-order valence-corrected chi connectivity index (χ4v) is 2.68. The number of rotatable bonds is 4. The number of hydrogen-bond donors (Lipinski definition) is 0. The maximum atomic E-state index is 2.38. The van der Waals surface area contributed by atoms with Gasteiger partial charge in [-0.3, -0.25) is 4.90 Å². The van der Waals surface area contributed by atoms with Gasteiger partial charge in [-0.05, 0) is 50.1 Å². The first-order valence-electron chi connectivity index (χ1n) is 6.85. The molecule has 0 saturated heterocycles. The molecule has 2 aromatic carbocycles. The molecule has 0 aliphatic carbocycles. The summed E-state index contributed by atoms with van der Waals surface area (Å²) in [6, 6.07) is 15.2. The van der Waals surface area contributed by atoms with Crippen molar-refractivity contribution in [2.75, 3.05) is 7.05 Å². The van der Waals surface area contributed by atoms with Crippen molar-refractivity contribution >= 4 is 0 Å². The Hall–Kier alpha value is -1.60. The van der Waals surface area contributed by atoms with Crippen LogP contribution in [0.3, 0.4) is 0 Å². The predicted molar refractivity (Wildman–Crippen MR) is 82.3 cm³/mol. The van der Waals surface area contributed by atoms with Crippen LogP contribution in [-0.4, -0.2) is 11.9 Å². The molecule has 0 atom stereocenters. The maximum absolute atomic E-state index is 2.38. The molecule has 0 aliphatic heterocycles. The van der Waals surface area contributed by atoms with Crippen molar-refractivity contribution in [1.82, 2.24) is 4.90 Å². The molecule has 0 fully saturated rings. The second kappa shape index (κ2) is 6.03. The summed E-state index contributed by atoms with van der Waals surface area (Å²) < 4.78 is 0. The molecule has 2 aromatic rings. The molecule has 1 heteroatoms. The molecule has 0 saturated carbocycles. The van der Waals surface area contributed by atoms with Gasteiger partial charge in [-0.15, -0.1) is 0 Å². The Balaban J connectivity index is 2.09. The first kappa shape index (κ1) is 13.8. The summed E-state index contributed by atoms with van der Waals surface area (Å²) in [7, 11) is 2.19. The Bertz CT molecular complexity index is 520. The highest BCUT2D eigenvalue weighted by Gasteiger charge is 2.07. The number of benzene rings is 2. The van der Waals surface area contributed by atoms with Crippen LogP contribution in [0.1, 0.15) is 27.8 Å². The SMILES string of the molecule is Cc1cc(C)c(CN(C)Cc2ccccc2)c(C)c1. The van der Waals surface area contributed by atoms with E-state index in [0.717, 1.165) is 13.1 Å². The number of nitrogens with zero attached hydrogens (tertiary/aromatic N) is 1. The van der Waals surface area contributed by atoms with Gasteiger partial charge in [0.2, 0.25) is 0 Å². The van der Waals surface area contributed by atoms with E-state index in [1.807, 2.05) is 0 Å². The molecule has 0 spiro atoms. The minimum Gasteiger partial charge on any atom is -0.298 e. The molecule has 1 nitrogen and oxygen atoms in total. The van der Waals surface area contributed by atoms with Crippen LogP contribution in [0.2, 0.25) is 0 Å². The lowest BCUT2D eigenvalue weighted by Crippen LogP contribution is -2.18. The average Bonchev–Trinajstić information content (AvgIpc) is 2.35. The van der Waals surface area contributed by atoms with E-state index in [4.69, 9.17) is 0 Å². The molecular weight excluding hydrogens is 230 g/mol. The summed E-state index contributed by atoms with van der Waals surface area (Å²) >= 11 is 0. The summed E-state index contributed by atoms with van der Waals surface area (Å²) in [5.41, 5.74) is 6.98. The van der Waals surface area contributed by atoms with Gasteiger partial charge in [-0.25, -0.2) is 0 Å². The molecule has 0 unspecified atom stereocenters. The maximum Gasteiger partial charge on any atom is 0.0239 e. The van der Waals surface area contributed by atoms with Gasteiger partial charge in [-0.2, -0.15) is 0 Å². The Kier molecular flexibility index (Phi) is 4.39. The highest BCUT2D eigenvalue weighted by molar-refractivity contribution is 5.37. The first-order chi connectivity index (χ1) is 9.06. The normalized spacial score (nSPS) is 11.0. The lowest BCUT2D eigenvalue weighted by Gasteiger charge is -2.20. The zero-order valence-corrected chi connectivity index (χ0v) is 12.4. The van der Waals surface area contributed by atoms with Gasteiger partial charge in [0.1, 0.15) is 0 Å². The molecular formula is C18H23N. The van der Waals surface area contributed by atoms with Gasteiger partial charge >= 0.3 is 0 Å². The lowest BCUT2D eigenvalue weighted by atomic mass is 9.99. The summed E-state index contributed by atoms with van der Waals surface area (Å²) in [4.78, 5) is 2.38. The van der Waals surface area contributed by atoms with E-state index < -0.39 is 0 Å². The molecule has 0 aromatic heterocycles. The molecule has 0 heterocycles. The van der Waals surface area contributed by atoms with Gasteiger partial charge < -0.3 is 0 Å². The Morgan fingerprint density at radius 3 is 2.00 bits per heavy atom. The average molecular weight is 253 g/mol. The Labute approximate surface area is 116 Å². The van der Waals surface area contributed by atoms with Crippen LogP contribution in [-0.2, 0) is 13.1 Å². The fourth-order valence-electron chi connectivity index (χ4n) is 2.68. The third-order valence-electron chi connectivity index (χ3n) is 3.56. The van der Waals surface area contributed by atoms with E-state index in [1.165, 1.54) is 27.8 Å². The van der Waals surface area contributed by atoms with Crippen LogP contribution >= 0.6 is 0 Å². The van der Waals surface area contributed by atoms with Crippen LogP contribution in [0.4, 0.5) is 0 Å². The van der Waals surface area contributed by atoms with Crippen LogP contribution in [0.5, 0.6) is 0 Å². The molecule has 0 N–H and O–H groups in total. The minimum atomic E-state index is 0.994. The van der Waals surface area contributed by atoms with Gasteiger partial charge in [0, 0.05) is 13.1 Å². The Morgan fingerprint density at radius 2 is 1.42 bits per heavy atom. The van der Waals surface area contributed by atoms with E-state index in [2.05, 4.69) is 75.2 Å². The summed E-state index contributed by atoms with van der Waals surface area (Å²) in [6.07, 6.45) is 0. The van der Waals surface area contributed by atoms with Crippen molar-refractivity contribution in [2.45, 2.75) is 33.9 Å². The molecule has 0 bridgehead atoms. The van der Waals surface area contributed by atoms with E-state index in [1.54, 1.807) is 0 Å². The second-order valence-electron chi connectivity index (χ2n) is 5.54. The first-order valence-corrected chi connectivity index (χ1v) is 6.85. The van der Waals surface area contributed by atoms with E-state index >= 15 is 0 Å². The second-order valence-corrected chi connectivity index (χ2v) is 5.54. The van der Waals surface area contributed by atoms with Crippen LogP contribution < -0.4 is 0 Å². The highest BCUT2D eigenvalue weighted by atomic mass is 15.1. The van der Waals surface area contributed by atoms with E-state index in [-0.39, 0.29) is 0 Å². The van der Waals surface area contributed by atoms with Gasteiger partial charge in [-0.1, -0.05) is 48.0 Å². The molecule has 19 heavy (non-hydrogen) atoms. The summed E-state index contributed by atoms with van der Waals surface area (Å²) in [5, 5.41) is 0. The van der Waals surface area contributed by atoms with Crippen molar-refractivity contribution in [2.24, 2.45) is 0 Å². The quantitative estimate of drug-likeness (QED) is 0.787. The molecule has 0 aliphatic rings. The van der Waals surface area contributed by atoms with Gasteiger partial charge in [0.15, 0.2) is 0 Å². The largest absolute Gasteiger partial charge is 0.298 e. The topological polar surface area (TPSA) is 3.24 Å². The van der Waals surface area contributed by atoms with Gasteiger partial charge in [0.25, 0.3) is 0 Å². The standard InChI is InChI=1S/C18H23N/c1-14-10-15(2)18(16(3)11-14)13-19(4)12-17-8-6-5-7-9-17/h5-11H,12-13H2,1-4H3.